The first-order valence-corrected chi connectivity index (χ1v) is 12.4. The molecule has 1 fully saturated rings. The molecule has 1 N–H and O–H groups in total. The number of halogens is 2. The van der Waals surface area contributed by atoms with E-state index in [1.165, 1.54) is 0 Å². The zero-order valence-corrected chi connectivity index (χ0v) is 20.9. The molecule has 0 radical (unpaired) electrons. The quantitative estimate of drug-likeness (QED) is 0.277. The summed E-state index contributed by atoms with van der Waals surface area (Å²) >= 11 is 12.4. The Balaban J connectivity index is 1.26. The molecule has 1 aliphatic heterocycles. The van der Waals surface area contributed by atoms with E-state index in [0.29, 0.717) is 23.1 Å². The standard InChI is InChI=1S/C27H24Cl2N4O3/c28-22-7-6-21(16-23(22)29)25-24(19-8-12-30-13-9-19)31-26(32-25)20-10-14-33(15-11-20)36-27(34)35-17-18-4-2-1-3-5-18/h1-9,12-13,16,20H,10-11,14-15,17H2,(H,31,32). The molecule has 9 heteroatoms. The molecule has 0 saturated carbocycles. The highest BCUT2D eigenvalue weighted by molar-refractivity contribution is 6.42. The topological polar surface area (TPSA) is 80.3 Å². The van der Waals surface area contributed by atoms with Crippen LogP contribution in [0.2, 0.25) is 10.0 Å². The van der Waals surface area contributed by atoms with Crippen LogP contribution in [0.25, 0.3) is 22.5 Å². The number of carbonyl (C=O) groups is 1. The molecule has 3 heterocycles. The lowest BCUT2D eigenvalue weighted by Crippen LogP contribution is -2.35. The van der Waals surface area contributed by atoms with E-state index in [4.69, 9.17) is 37.8 Å². The molecule has 0 unspecified atom stereocenters. The van der Waals surface area contributed by atoms with E-state index in [-0.39, 0.29) is 12.5 Å². The van der Waals surface area contributed by atoms with Gasteiger partial charge in [-0.3, -0.25) is 4.98 Å². The Bertz CT molecular complexity index is 1320. The minimum absolute atomic E-state index is 0.178. The molecule has 184 valence electrons. The number of H-pyrrole nitrogens is 1. The van der Waals surface area contributed by atoms with Gasteiger partial charge in [-0.1, -0.05) is 59.6 Å². The second kappa shape index (κ2) is 11.1. The van der Waals surface area contributed by atoms with Gasteiger partial charge in [0.25, 0.3) is 0 Å². The van der Waals surface area contributed by atoms with Crippen molar-refractivity contribution in [3.8, 4) is 22.5 Å². The van der Waals surface area contributed by atoms with Gasteiger partial charge in [0.15, 0.2) is 0 Å². The molecule has 5 rings (SSSR count). The summed E-state index contributed by atoms with van der Waals surface area (Å²) in [6.07, 6.45) is 4.35. The third kappa shape index (κ3) is 5.70. The van der Waals surface area contributed by atoms with Gasteiger partial charge in [-0.05, 0) is 42.7 Å². The summed E-state index contributed by atoms with van der Waals surface area (Å²) in [7, 11) is 0. The molecule has 0 spiro atoms. The Hall–Kier alpha value is -3.39. The fraction of sp³-hybridized carbons (Fsp3) is 0.222. The third-order valence-electron chi connectivity index (χ3n) is 6.13. The Kier molecular flexibility index (Phi) is 7.51. The molecule has 2 aromatic heterocycles. The number of piperidine rings is 1. The Morgan fingerprint density at radius 2 is 1.72 bits per heavy atom. The van der Waals surface area contributed by atoms with Gasteiger partial charge in [-0.25, -0.2) is 9.78 Å². The van der Waals surface area contributed by atoms with Crippen LogP contribution in [0.4, 0.5) is 4.79 Å². The van der Waals surface area contributed by atoms with Gasteiger partial charge in [0.05, 0.1) is 21.4 Å². The molecule has 1 aliphatic rings. The number of aromatic nitrogens is 3. The van der Waals surface area contributed by atoms with E-state index in [1.54, 1.807) is 23.5 Å². The fourth-order valence-electron chi connectivity index (χ4n) is 4.23. The van der Waals surface area contributed by atoms with E-state index in [1.807, 2.05) is 54.6 Å². The molecule has 0 atom stereocenters. The first-order chi connectivity index (χ1) is 17.6. The monoisotopic (exact) mass is 522 g/mol. The largest absolute Gasteiger partial charge is 0.528 e. The number of nitrogens with zero attached hydrogens (tertiary/aromatic N) is 3. The van der Waals surface area contributed by atoms with Gasteiger partial charge in [-0.15, -0.1) is 5.06 Å². The smallest absolute Gasteiger partial charge is 0.428 e. The van der Waals surface area contributed by atoms with Crippen molar-refractivity contribution in [1.82, 2.24) is 20.0 Å². The first-order valence-electron chi connectivity index (χ1n) is 11.7. The number of carbonyl (C=O) groups excluding carboxylic acids is 1. The van der Waals surface area contributed by atoms with Crippen LogP contribution in [-0.2, 0) is 16.2 Å². The van der Waals surface area contributed by atoms with Gasteiger partial charge in [0, 0.05) is 42.5 Å². The van der Waals surface area contributed by atoms with E-state index >= 15 is 0 Å². The highest BCUT2D eigenvalue weighted by Gasteiger charge is 2.27. The first kappa shape index (κ1) is 24.3. The summed E-state index contributed by atoms with van der Waals surface area (Å²) < 4.78 is 5.23. The highest BCUT2D eigenvalue weighted by Crippen LogP contribution is 2.36. The van der Waals surface area contributed by atoms with Crippen molar-refractivity contribution < 1.29 is 14.4 Å². The average Bonchev–Trinajstić information content (AvgIpc) is 3.36. The zero-order chi connectivity index (χ0) is 24.9. The lowest BCUT2D eigenvalue weighted by Gasteiger charge is -2.29. The Morgan fingerprint density at radius 3 is 2.44 bits per heavy atom. The number of hydrogen-bond donors (Lipinski definition) is 1. The van der Waals surface area contributed by atoms with Crippen molar-refractivity contribution in [2.45, 2.75) is 25.4 Å². The summed E-state index contributed by atoms with van der Waals surface area (Å²) in [5.41, 5.74) is 4.47. The van der Waals surface area contributed by atoms with Gasteiger partial charge >= 0.3 is 6.16 Å². The molecule has 1 saturated heterocycles. The predicted molar refractivity (Wildman–Crippen MR) is 139 cm³/mol. The predicted octanol–water partition coefficient (Wildman–Crippen LogP) is 6.89. The molecule has 36 heavy (non-hydrogen) atoms. The zero-order valence-electron chi connectivity index (χ0n) is 19.4. The number of hydroxylamine groups is 2. The number of benzene rings is 2. The lowest BCUT2D eigenvalue weighted by molar-refractivity contribution is -0.140. The van der Waals surface area contributed by atoms with Crippen LogP contribution in [0, 0.1) is 0 Å². The fourth-order valence-corrected chi connectivity index (χ4v) is 4.53. The van der Waals surface area contributed by atoms with Gasteiger partial charge < -0.3 is 14.6 Å². The van der Waals surface area contributed by atoms with Crippen molar-refractivity contribution in [2.24, 2.45) is 0 Å². The molecule has 2 aromatic carbocycles. The molecule has 0 amide bonds. The second-order valence-electron chi connectivity index (χ2n) is 8.53. The van der Waals surface area contributed by atoms with Crippen LogP contribution < -0.4 is 0 Å². The summed E-state index contributed by atoms with van der Waals surface area (Å²) in [4.78, 5) is 30.1. The van der Waals surface area contributed by atoms with Crippen molar-refractivity contribution in [3.63, 3.8) is 0 Å². The maximum Gasteiger partial charge on any atom is 0.528 e. The van der Waals surface area contributed by atoms with Crippen LogP contribution in [0.5, 0.6) is 0 Å². The van der Waals surface area contributed by atoms with Crippen molar-refractivity contribution in [3.05, 3.63) is 94.5 Å². The summed E-state index contributed by atoms with van der Waals surface area (Å²) in [6, 6.07) is 18.9. The van der Waals surface area contributed by atoms with Crippen molar-refractivity contribution in [1.29, 1.82) is 0 Å². The van der Waals surface area contributed by atoms with E-state index in [0.717, 1.165) is 46.7 Å². The number of ether oxygens (including phenoxy) is 1. The van der Waals surface area contributed by atoms with E-state index < -0.39 is 6.16 Å². The minimum atomic E-state index is -0.697. The molecule has 0 aliphatic carbocycles. The maximum atomic E-state index is 12.1. The number of rotatable bonds is 6. The van der Waals surface area contributed by atoms with Crippen LogP contribution in [0.15, 0.2) is 73.1 Å². The molecular weight excluding hydrogens is 499 g/mol. The SMILES string of the molecule is O=C(OCc1ccccc1)ON1CCC(c2nc(-c3ccc(Cl)c(Cl)c3)c(-c3ccncc3)[nH]2)CC1. The normalized spacial score (nSPS) is 14.5. The number of pyridine rings is 1. The summed E-state index contributed by atoms with van der Waals surface area (Å²) in [6.45, 7) is 1.34. The van der Waals surface area contributed by atoms with Crippen LogP contribution in [0.3, 0.4) is 0 Å². The summed E-state index contributed by atoms with van der Waals surface area (Å²) in [5, 5.41) is 2.62. The minimum Gasteiger partial charge on any atom is -0.428 e. The van der Waals surface area contributed by atoms with E-state index in [2.05, 4.69) is 9.97 Å². The molecule has 0 bridgehead atoms. The van der Waals surface area contributed by atoms with E-state index in [9.17, 15) is 4.79 Å². The van der Waals surface area contributed by atoms with Gasteiger partial charge in [-0.2, -0.15) is 0 Å². The summed E-state index contributed by atoms with van der Waals surface area (Å²) in [5.74, 6) is 1.07. The number of imidazole rings is 1. The second-order valence-corrected chi connectivity index (χ2v) is 9.34. The number of nitrogens with one attached hydrogen (secondary N) is 1. The van der Waals surface area contributed by atoms with Crippen molar-refractivity contribution in [2.75, 3.05) is 13.1 Å². The molecular formula is C27H24Cl2N4O3. The lowest BCUT2D eigenvalue weighted by atomic mass is 9.97. The van der Waals surface area contributed by atoms with Crippen LogP contribution in [-0.4, -0.2) is 39.3 Å². The highest BCUT2D eigenvalue weighted by atomic mass is 35.5. The average molecular weight is 523 g/mol. The van der Waals surface area contributed by atoms with Gasteiger partial charge in [0.2, 0.25) is 0 Å². The number of aromatic amines is 1. The Labute approximate surface area is 219 Å². The number of hydrogen-bond acceptors (Lipinski definition) is 6. The molecule has 4 aromatic rings. The maximum absolute atomic E-state index is 12.1. The molecule has 7 nitrogen and oxygen atoms in total. The Morgan fingerprint density at radius 1 is 0.972 bits per heavy atom. The van der Waals surface area contributed by atoms with Crippen LogP contribution >= 0.6 is 23.2 Å². The van der Waals surface area contributed by atoms with Gasteiger partial charge in [0.1, 0.15) is 12.4 Å². The van der Waals surface area contributed by atoms with Crippen molar-refractivity contribution >= 4 is 29.4 Å². The van der Waals surface area contributed by atoms with Crippen LogP contribution in [0.1, 0.15) is 30.1 Å². The third-order valence-corrected chi connectivity index (χ3v) is 6.87.